The molecule has 0 bridgehead atoms. The van der Waals surface area contributed by atoms with Crippen LogP contribution in [-0.4, -0.2) is 22.6 Å². The normalized spacial score (nSPS) is 21.9. The average Bonchev–Trinajstić information content (AvgIpc) is 2.84. The summed E-state index contributed by atoms with van der Waals surface area (Å²) in [4.78, 5) is 15.3. The molecule has 1 aliphatic rings. The van der Waals surface area contributed by atoms with E-state index in [1.54, 1.807) is 12.3 Å². The first-order valence-electron chi connectivity index (χ1n) is 6.46. The number of aromatic nitrogens is 1. The van der Waals surface area contributed by atoms with E-state index in [9.17, 15) is 4.79 Å². The number of nitrogens with one attached hydrogen (secondary N) is 1. The lowest BCUT2D eigenvalue weighted by Gasteiger charge is -2.17. The molecule has 2 atom stereocenters. The zero-order chi connectivity index (χ0) is 13.8. The minimum Gasteiger partial charge on any atom is -0.481 e. The highest BCUT2D eigenvalue weighted by Gasteiger charge is 2.32. The van der Waals surface area contributed by atoms with Crippen LogP contribution in [0.25, 0.3) is 0 Å². The number of carbonyl (C=O) groups is 1. The predicted molar refractivity (Wildman–Crippen MR) is 70.6 cm³/mol. The number of carboxylic acid groups (broad SMARTS) is 1. The minimum atomic E-state index is -0.720. The second-order valence-electron chi connectivity index (χ2n) is 4.98. The molecule has 5 heteroatoms. The predicted octanol–water partition coefficient (Wildman–Crippen LogP) is 2.17. The Morgan fingerprint density at radius 1 is 1.63 bits per heavy atom. The van der Waals surface area contributed by atoms with E-state index in [1.807, 2.05) is 6.92 Å². The van der Waals surface area contributed by atoms with Crippen molar-refractivity contribution in [2.24, 2.45) is 11.8 Å². The third kappa shape index (κ3) is 2.84. The van der Waals surface area contributed by atoms with Gasteiger partial charge in [0.05, 0.1) is 11.5 Å². The third-order valence-corrected chi connectivity index (χ3v) is 3.78. The molecule has 100 valence electrons. The second-order valence-corrected chi connectivity index (χ2v) is 4.98. The maximum Gasteiger partial charge on any atom is 0.306 e. The quantitative estimate of drug-likeness (QED) is 0.865. The number of aryl methyl sites for hydroxylation is 1. The van der Waals surface area contributed by atoms with Gasteiger partial charge in [0, 0.05) is 12.7 Å². The van der Waals surface area contributed by atoms with Crippen LogP contribution in [-0.2, 0) is 4.79 Å². The van der Waals surface area contributed by atoms with Gasteiger partial charge in [0.15, 0.2) is 0 Å². The number of carboxylic acids is 1. The number of rotatable bonds is 4. The molecule has 2 N–H and O–H groups in total. The fourth-order valence-corrected chi connectivity index (χ4v) is 2.67. The lowest BCUT2D eigenvalue weighted by atomic mass is 9.96. The summed E-state index contributed by atoms with van der Waals surface area (Å²) in [7, 11) is 0. The van der Waals surface area contributed by atoms with Gasteiger partial charge < -0.3 is 10.4 Å². The summed E-state index contributed by atoms with van der Waals surface area (Å²) in [6.07, 6.45) is 4.27. The first kappa shape index (κ1) is 13.3. The number of pyridine rings is 1. The fraction of sp³-hybridized carbons (Fsp3) is 0.500. The van der Waals surface area contributed by atoms with Crippen LogP contribution in [0.3, 0.4) is 0 Å². The highest BCUT2D eigenvalue weighted by atomic mass is 16.4. The van der Waals surface area contributed by atoms with E-state index >= 15 is 0 Å². The molecule has 0 saturated heterocycles. The molecule has 0 aromatic carbocycles. The molecule has 0 spiro atoms. The molecular formula is C14H17N3O2. The Morgan fingerprint density at radius 2 is 2.42 bits per heavy atom. The van der Waals surface area contributed by atoms with Gasteiger partial charge in [0.25, 0.3) is 0 Å². The van der Waals surface area contributed by atoms with Crippen LogP contribution in [0.1, 0.15) is 30.4 Å². The van der Waals surface area contributed by atoms with Gasteiger partial charge in [-0.25, -0.2) is 4.98 Å². The molecule has 19 heavy (non-hydrogen) atoms. The highest BCUT2D eigenvalue weighted by molar-refractivity contribution is 5.70. The number of aliphatic carboxylic acids is 1. The van der Waals surface area contributed by atoms with Gasteiger partial charge in [-0.3, -0.25) is 4.79 Å². The van der Waals surface area contributed by atoms with Crippen LogP contribution in [0.2, 0.25) is 0 Å². The zero-order valence-electron chi connectivity index (χ0n) is 10.9. The minimum absolute atomic E-state index is 0.117. The summed E-state index contributed by atoms with van der Waals surface area (Å²) in [5, 5.41) is 21.4. The van der Waals surface area contributed by atoms with E-state index in [0.29, 0.717) is 17.9 Å². The second kappa shape index (κ2) is 5.70. The van der Waals surface area contributed by atoms with Crippen LogP contribution in [0.4, 0.5) is 5.82 Å². The van der Waals surface area contributed by atoms with Crippen molar-refractivity contribution in [1.82, 2.24) is 4.98 Å². The van der Waals surface area contributed by atoms with Gasteiger partial charge in [-0.05, 0) is 37.3 Å². The van der Waals surface area contributed by atoms with Crippen molar-refractivity contribution >= 4 is 11.8 Å². The molecule has 1 aromatic rings. The van der Waals surface area contributed by atoms with E-state index < -0.39 is 5.97 Å². The van der Waals surface area contributed by atoms with Crippen LogP contribution in [0.5, 0.6) is 0 Å². The van der Waals surface area contributed by atoms with E-state index in [4.69, 9.17) is 10.4 Å². The van der Waals surface area contributed by atoms with E-state index in [1.165, 1.54) is 0 Å². The maximum atomic E-state index is 11.1. The molecular weight excluding hydrogens is 242 g/mol. The Kier molecular flexibility index (Phi) is 4.00. The zero-order valence-corrected chi connectivity index (χ0v) is 10.9. The summed E-state index contributed by atoms with van der Waals surface area (Å²) in [6, 6.07) is 3.92. The van der Waals surface area contributed by atoms with Crippen LogP contribution in [0.15, 0.2) is 12.3 Å². The smallest absolute Gasteiger partial charge is 0.306 e. The molecule has 1 saturated carbocycles. The average molecular weight is 259 g/mol. The lowest BCUT2D eigenvalue weighted by molar-refractivity contribution is -0.142. The first-order chi connectivity index (χ1) is 9.13. The Balaban J connectivity index is 2.05. The standard InChI is InChI=1S/C14H17N3O2/c1-9-5-6-16-13(12(9)7-15)17-8-10-3-2-4-11(10)14(18)19/h5-6,10-11H,2-4,8H2,1H3,(H,16,17)(H,18,19). The lowest BCUT2D eigenvalue weighted by Crippen LogP contribution is -2.25. The van der Waals surface area contributed by atoms with Crippen LogP contribution in [0, 0.1) is 30.1 Å². The topological polar surface area (TPSA) is 86.0 Å². The van der Waals surface area contributed by atoms with E-state index in [0.717, 1.165) is 24.8 Å². The van der Waals surface area contributed by atoms with Crippen molar-refractivity contribution in [3.63, 3.8) is 0 Å². The number of hydrogen-bond donors (Lipinski definition) is 2. The van der Waals surface area contributed by atoms with Crippen LogP contribution >= 0.6 is 0 Å². The van der Waals surface area contributed by atoms with Gasteiger partial charge in [0.1, 0.15) is 11.9 Å². The summed E-state index contributed by atoms with van der Waals surface area (Å²) in [6.45, 7) is 2.42. The highest BCUT2D eigenvalue weighted by Crippen LogP contribution is 2.32. The number of hydrogen-bond acceptors (Lipinski definition) is 4. The molecule has 2 rings (SSSR count). The number of anilines is 1. The van der Waals surface area contributed by atoms with Gasteiger partial charge in [-0.15, -0.1) is 0 Å². The molecule has 0 radical (unpaired) electrons. The monoisotopic (exact) mass is 259 g/mol. The number of nitrogens with zero attached hydrogens (tertiary/aromatic N) is 2. The largest absolute Gasteiger partial charge is 0.481 e. The molecule has 1 aliphatic carbocycles. The van der Waals surface area contributed by atoms with E-state index in [-0.39, 0.29) is 11.8 Å². The van der Waals surface area contributed by atoms with Crippen molar-refractivity contribution in [2.75, 3.05) is 11.9 Å². The van der Waals surface area contributed by atoms with E-state index in [2.05, 4.69) is 16.4 Å². The number of nitriles is 1. The van der Waals surface area contributed by atoms with Gasteiger partial charge in [-0.1, -0.05) is 6.42 Å². The summed E-state index contributed by atoms with van der Waals surface area (Å²) >= 11 is 0. The Hall–Kier alpha value is -2.09. The van der Waals surface area contributed by atoms with Gasteiger partial charge >= 0.3 is 5.97 Å². The molecule has 0 aliphatic heterocycles. The Morgan fingerprint density at radius 3 is 3.11 bits per heavy atom. The first-order valence-corrected chi connectivity index (χ1v) is 6.46. The SMILES string of the molecule is Cc1ccnc(NCC2CCCC2C(=O)O)c1C#N. The van der Waals surface area contributed by atoms with Crippen molar-refractivity contribution in [3.8, 4) is 6.07 Å². The van der Waals surface area contributed by atoms with Crippen molar-refractivity contribution in [1.29, 1.82) is 5.26 Å². The summed E-state index contributed by atoms with van der Waals surface area (Å²) < 4.78 is 0. The Labute approximate surface area is 112 Å². The third-order valence-electron chi connectivity index (χ3n) is 3.78. The van der Waals surface area contributed by atoms with Gasteiger partial charge in [0.2, 0.25) is 0 Å². The fourth-order valence-electron chi connectivity index (χ4n) is 2.67. The van der Waals surface area contributed by atoms with Crippen molar-refractivity contribution in [2.45, 2.75) is 26.2 Å². The maximum absolute atomic E-state index is 11.1. The molecule has 5 nitrogen and oxygen atoms in total. The molecule has 0 amide bonds. The Bertz CT molecular complexity index is 522. The molecule has 1 fully saturated rings. The summed E-state index contributed by atoms with van der Waals surface area (Å²) in [5.41, 5.74) is 1.41. The van der Waals surface area contributed by atoms with Crippen LogP contribution < -0.4 is 5.32 Å². The molecule has 1 aromatic heterocycles. The molecule has 1 heterocycles. The molecule has 2 unspecified atom stereocenters. The van der Waals surface area contributed by atoms with Crippen molar-refractivity contribution in [3.05, 3.63) is 23.4 Å². The van der Waals surface area contributed by atoms with Gasteiger partial charge in [-0.2, -0.15) is 5.26 Å². The summed E-state index contributed by atoms with van der Waals surface area (Å²) in [5.74, 6) is -0.324. The van der Waals surface area contributed by atoms with Crippen molar-refractivity contribution < 1.29 is 9.90 Å².